The SMILES string of the molecule is CCC1(C)NC(=O)CCN(CC(F)(F)C(F)F)C1=O. The van der Waals surface area contributed by atoms with Crippen molar-refractivity contribution in [2.75, 3.05) is 13.1 Å². The molecule has 4 nitrogen and oxygen atoms in total. The van der Waals surface area contributed by atoms with Crippen LogP contribution < -0.4 is 5.32 Å². The lowest BCUT2D eigenvalue weighted by Crippen LogP contribution is -2.56. The van der Waals surface area contributed by atoms with Crippen LogP contribution in [0.25, 0.3) is 0 Å². The van der Waals surface area contributed by atoms with Crippen LogP contribution in [0.1, 0.15) is 26.7 Å². The molecule has 1 heterocycles. The maximum atomic E-state index is 13.0. The second kappa shape index (κ2) is 5.34. The van der Waals surface area contributed by atoms with Crippen LogP contribution >= 0.6 is 0 Å². The molecule has 1 aliphatic heterocycles. The molecule has 0 bridgehead atoms. The first-order valence-corrected chi connectivity index (χ1v) is 5.89. The maximum Gasteiger partial charge on any atom is 0.324 e. The number of hydrogen-bond acceptors (Lipinski definition) is 2. The van der Waals surface area contributed by atoms with E-state index >= 15 is 0 Å². The number of alkyl halides is 4. The Kier molecular flexibility index (Phi) is 4.42. The van der Waals surface area contributed by atoms with Gasteiger partial charge in [0.2, 0.25) is 11.8 Å². The first-order valence-electron chi connectivity index (χ1n) is 5.89. The van der Waals surface area contributed by atoms with Crippen molar-refractivity contribution in [2.45, 2.75) is 44.6 Å². The fraction of sp³-hybridized carbons (Fsp3) is 0.818. The van der Waals surface area contributed by atoms with Gasteiger partial charge in [-0.25, -0.2) is 8.78 Å². The van der Waals surface area contributed by atoms with Crippen molar-refractivity contribution in [2.24, 2.45) is 0 Å². The van der Waals surface area contributed by atoms with Crippen molar-refractivity contribution in [1.82, 2.24) is 10.2 Å². The van der Waals surface area contributed by atoms with Crippen molar-refractivity contribution >= 4 is 11.8 Å². The van der Waals surface area contributed by atoms with E-state index in [9.17, 15) is 27.2 Å². The third kappa shape index (κ3) is 3.36. The van der Waals surface area contributed by atoms with Gasteiger partial charge >= 0.3 is 12.3 Å². The average Bonchev–Trinajstić information content (AvgIpc) is 2.41. The number of carbonyl (C=O) groups is 2. The molecule has 0 spiro atoms. The zero-order valence-corrected chi connectivity index (χ0v) is 10.7. The number of rotatable bonds is 4. The number of halogens is 4. The van der Waals surface area contributed by atoms with E-state index in [0.29, 0.717) is 4.90 Å². The van der Waals surface area contributed by atoms with Crippen LogP contribution in [0.3, 0.4) is 0 Å². The maximum absolute atomic E-state index is 13.0. The normalized spacial score (nSPS) is 25.5. The van der Waals surface area contributed by atoms with E-state index in [2.05, 4.69) is 5.32 Å². The molecule has 1 atom stereocenters. The Hall–Kier alpha value is -1.34. The molecule has 8 heteroatoms. The van der Waals surface area contributed by atoms with Gasteiger partial charge in [0, 0.05) is 13.0 Å². The number of hydrogen-bond donors (Lipinski definition) is 1. The van der Waals surface area contributed by atoms with Crippen LogP contribution in [-0.4, -0.2) is 47.7 Å². The van der Waals surface area contributed by atoms with E-state index in [1.54, 1.807) is 6.92 Å². The van der Waals surface area contributed by atoms with Gasteiger partial charge in [0.1, 0.15) is 5.54 Å². The summed E-state index contributed by atoms with van der Waals surface area (Å²) in [5, 5.41) is 2.44. The van der Waals surface area contributed by atoms with Crippen LogP contribution in [-0.2, 0) is 9.59 Å². The van der Waals surface area contributed by atoms with Gasteiger partial charge in [0.05, 0.1) is 6.54 Å². The van der Waals surface area contributed by atoms with Crippen LogP contribution in [0.5, 0.6) is 0 Å². The molecule has 2 amide bonds. The molecule has 1 aliphatic rings. The molecule has 110 valence electrons. The third-order valence-corrected chi connectivity index (χ3v) is 3.21. The molecular formula is C11H16F4N2O2. The predicted octanol–water partition coefficient (Wildman–Crippen LogP) is 1.40. The number of nitrogens with zero attached hydrogens (tertiary/aromatic N) is 1. The molecule has 1 N–H and O–H groups in total. The van der Waals surface area contributed by atoms with E-state index in [1.807, 2.05) is 0 Å². The standard InChI is InChI=1S/C11H16F4N2O2/c1-3-10(2)9(19)17(5-4-7(18)16-10)6-11(14,15)8(12)13/h8H,3-6H2,1-2H3,(H,16,18). The van der Waals surface area contributed by atoms with Crippen molar-refractivity contribution in [3.8, 4) is 0 Å². The Labute approximate surface area is 108 Å². The van der Waals surface area contributed by atoms with Crippen LogP contribution in [0.2, 0.25) is 0 Å². The Morgan fingerprint density at radius 1 is 1.42 bits per heavy atom. The minimum atomic E-state index is -4.28. The Bertz CT molecular complexity index is 376. The fourth-order valence-electron chi connectivity index (χ4n) is 1.82. The molecule has 1 fully saturated rings. The summed E-state index contributed by atoms with van der Waals surface area (Å²) >= 11 is 0. The summed E-state index contributed by atoms with van der Waals surface area (Å²) in [5.41, 5.74) is -1.33. The minimum Gasteiger partial charge on any atom is -0.342 e. The van der Waals surface area contributed by atoms with E-state index in [1.165, 1.54) is 6.92 Å². The molecule has 1 saturated heterocycles. The second-order valence-corrected chi connectivity index (χ2v) is 4.77. The predicted molar refractivity (Wildman–Crippen MR) is 59.0 cm³/mol. The summed E-state index contributed by atoms with van der Waals surface area (Å²) in [7, 11) is 0. The zero-order valence-electron chi connectivity index (χ0n) is 10.7. The van der Waals surface area contributed by atoms with Gasteiger partial charge in [-0.1, -0.05) is 6.92 Å². The second-order valence-electron chi connectivity index (χ2n) is 4.77. The third-order valence-electron chi connectivity index (χ3n) is 3.21. The molecule has 0 aromatic heterocycles. The van der Waals surface area contributed by atoms with Gasteiger partial charge in [-0.3, -0.25) is 9.59 Å². The van der Waals surface area contributed by atoms with E-state index < -0.39 is 36.2 Å². The van der Waals surface area contributed by atoms with Crippen molar-refractivity contribution in [1.29, 1.82) is 0 Å². The highest BCUT2D eigenvalue weighted by Crippen LogP contribution is 2.26. The Balaban J connectivity index is 2.94. The number of carbonyl (C=O) groups excluding carboxylic acids is 2. The van der Waals surface area contributed by atoms with E-state index in [0.717, 1.165) is 0 Å². The lowest BCUT2D eigenvalue weighted by Gasteiger charge is -2.32. The van der Waals surface area contributed by atoms with Crippen LogP contribution in [0.15, 0.2) is 0 Å². The summed E-state index contributed by atoms with van der Waals surface area (Å²) in [5.74, 6) is -5.50. The molecule has 0 saturated carbocycles. The first-order chi connectivity index (χ1) is 8.62. The fourth-order valence-corrected chi connectivity index (χ4v) is 1.82. The summed E-state index contributed by atoms with van der Waals surface area (Å²) in [6.07, 6.45) is -3.84. The molecule has 0 aromatic rings. The smallest absolute Gasteiger partial charge is 0.324 e. The molecular weight excluding hydrogens is 268 g/mol. The largest absolute Gasteiger partial charge is 0.342 e. The highest BCUT2D eigenvalue weighted by atomic mass is 19.3. The summed E-state index contributed by atoms with van der Waals surface area (Å²) in [6, 6.07) is 0. The van der Waals surface area contributed by atoms with Gasteiger partial charge in [0.15, 0.2) is 0 Å². The Morgan fingerprint density at radius 2 is 2.00 bits per heavy atom. The summed E-state index contributed by atoms with van der Waals surface area (Å²) in [4.78, 5) is 24.1. The quantitative estimate of drug-likeness (QED) is 0.793. The highest BCUT2D eigenvalue weighted by Gasteiger charge is 2.47. The monoisotopic (exact) mass is 284 g/mol. The first kappa shape index (κ1) is 15.7. The van der Waals surface area contributed by atoms with Gasteiger partial charge in [-0.2, -0.15) is 8.78 Å². The zero-order chi connectivity index (χ0) is 14.8. The Morgan fingerprint density at radius 3 is 2.47 bits per heavy atom. The summed E-state index contributed by atoms with van der Waals surface area (Å²) in [6.45, 7) is 1.33. The van der Waals surface area contributed by atoms with Crippen LogP contribution in [0.4, 0.5) is 17.6 Å². The van der Waals surface area contributed by atoms with Crippen molar-refractivity contribution in [3.63, 3.8) is 0 Å². The highest BCUT2D eigenvalue weighted by molar-refractivity contribution is 5.93. The molecule has 19 heavy (non-hydrogen) atoms. The number of nitrogens with one attached hydrogen (secondary N) is 1. The molecule has 0 aromatic carbocycles. The van der Waals surface area contributed by atoms with E-state index in [4.69, 9.17) is 0 Å². The van der Waals surface area contributed by atoms with Crippen LogP contribution in [0, 0.1) is 0 Å². The van der Waals surface area contributed by atoms with Gasteiger partial charge < -0.3 is 10.2 Å². The molecule has 1 unspecified atom stereocenters. The molecule has 0 radical (unpaired) electrons. The lowest BCUT2D eigenvalue weighted by atomic mass is 9.97. The minimum absolute atomic E-state index is 0.180. The lowest BCUT2D eigenvalue weighted by molar-refractivity contribution is -0.159. The van der Waals surface area contributed by atoms with Gasteiger partial charge in [-0.05, 0) is 13.3 Å². The van der Waals surface area contributed by atoms with Gasteiger partial charge in [0.25, 0.3) is 0 Å². The number of amides is 2. The molecule has 0 aliphatic carbocycles. The van der Waals surface area contributed by atoms with Crippen molar-refractivity contribution in [3.05, 3.63) is 0 Å². The van der Waals surface area contributed by atoms with Crippen molar-refractivity contribution < 1.29 is 27.2 Å². The average molecular weight is 284 g/mol. The topological polar surface area (TPSA) is 49.4 Å². The van der Waals surface area contributed by atoms with E-state index in [-0.39, 0.29) is 19.4 Å². The molecule has 1 rings (SSSR count). The van der Waals surface area contributed by atoms with Gasteiger partial charge in [-0.15, -0.1) is 0 Å². The summed E-state index contributed by atoms with van der Waals surface area (Å²) < 4.78 is 50.4.